The molecule has 10 heteroatoms. The molecule has 0 aliphatic carbocycles. The number of anilines is 1. The smallest absolute Gasteiger partial charge is 0.410 e. The quantitative estimate of drug-likeness (QED) is 0.687. The average Bonchev–Trinajstić information content (AvgIpc) is 2.72. The number of amides is 1. The Bertz CT molecular complexity index is 951. The number of methoxy groups -OCH3 is 1. The number of aromatic carboxylic acids is 1. The molecule has 1 saturated heterocycles. The largest absolute Gasteiger partial charge is 0.478 e. The Kier molecular flexibility index (Phi) is 6.79. The monoisotopic (exact) mass is 432 g/mol. The number of nitrogens with zero attached hydrogens (tertiary/aromatic N) is 4. The van der Waals surface area contributed by atoms with Crippen molar-refractivity contribution in [3.05, 3.63) is 23.8 Å². The number of carbonyl (C=O) groups excluding carboxylic acids is 1. The van der Waals surface area contributed by atoms with Crippen LogP contribution in [-0.4, -0.2) is 84.4 Å². The number of aromatic nitrogens is 2. The van der Waals surface area contributed by atoms with E-state index in [1.807, 2.05) is 20.8 Å². The molecule has 0 atom stereocenters. The van der Waals surface area contributed by atoms with Crippen LogP contribution in [0, 0.1) is 0 Å². The lowest BCUT2D eigenvalue weighted by atomic mass is 10.1. The first-order chi connectivity index (χ1) is 14.7. The predicted octanol–water partition coefficient (Wildman–Crippen LogP) is 2.41. The first-order valence-electron chi connectivity index (χ1n) is 10.1. The Balaban J connectivity index is 1.84. The number of fused-ring (bicyclic) bond motifs is 1. The van der Waals surface area contributed by atoms with E-state index < -0.39 is 11.6 Å². The number of carboxylic acid groups (broad SMARTS) is 1. The summed E-state index contributed by atoms with van der Waals surface area (Å²) in [5.74, 6) is -0.783. The summed E-state index contributed by atoms with van der Waals surface area (Å²) < 4.78 is 16.0. The highest BCUT2D eigenvalue weighted by molar-refractivity contribution is 6.06. The summed E-state index contributed by atoms with van der Waals surface area (Å²) >= 11 is 0. The van der Waals surface area contributed by atoms with Crippen LogP contribution >= 0.6 is 0 Å². The van der Waals surface area contributed by atoms with Gasteiger partial charge in [0.05, 0.1) is 12.2 Å². The van der Waals surface area contributed by atoms with Gasteiger partial charge in [-0.3, -0.25) is 0 Å². The summed E-state index contributed by atoms with van der Waals surface area (Å²) in [5.41, 5.74) is 0.630. The van der Waals surface area contributed by atoms with Crippen LogP contribution in [0.3, 0.4) is 0 Å². The normalized spacial score (nSPS) is 14.6. The van der Waals surface area contributed by atoms with Crippen LogP contribution in [0.2, 0.25) is 0 Å². The van der Waals surface area contributed by atoms with Gasteiger partial charge in [-0.1, -0.05) is 0 Å². The fourth-order valence-corrected chi connectivity index (χ4v) is 3.30. The van der Waals surface area contributed by atoms with E-state index in [0.717, 1.165) is 5.69 Å². The van der Waals surface area contributed by atoms with Crippen molar-refractivity contribution < 1.29 is 28.9 Å². The summed E-state index contributed by atoms with van der Waals surface area (Å²) in [4.78, 5) is 27.7. The van der Waals surface area contributed by atoms with Crippen LogP contribution in [0.25, 0.3) is 10.9 Å². The van der Waals surface area contributed by atoms with Crippen molar-refractivity contribution in [2.75, 3.05) is 51.4 Å². The highest BCUT2D eigenvalue weighted by Crippen LogP contribution is 2.31. The van der Waals surface area contributed by atoms with Crippen molar-refractivity contribution in [1.29, 1.82) is 0 Å². The fourth-order valence-electron chi connectivity index (χ4n) is 3.30. The van der Waals surface area contributed by atoms with Crippen LogP contribution < -0.4 is 9.64 Å². The molecule has 10 nitrogen and oxygen atoms in total. The minimum Gasteiger partial charge on any atom is -0.478 e. The van der Waals surface area contributed by atoms with Gasteiger partial charge in [-0.05, 0) is 32.9 Å². The van der Waals surface area contributed by atoms with E-state index >= 15 is 0 Å². The van der Waals surface area contributed by atoms with Crippen LogP contribution in [0.5, 0.6) is 5.88 Å². The molecule has 0 unspecified atom stereocenters. The topological polar surface area (TPSA) is 114 Å². The third-order valence-corrected chi connectivity index (χ3v) is 4.75. The first-order valence-corrected chi connectivity index (χ1v) is 10.1. The van der Waals surface area contributed by atoms with Crippen molar-refractivity contribution in [2.45, 2.75) is 26.4 Å². The van der Waals surface area contributed by atoms with Gasteiger partial charge >= 0.3 is 12.1 Å². The van der Waals surface area contributed by atoms with Crippen molar-refractivity contribution >= 4 is 28.7 Å². The molecule has 1 amide bonds. The minimum absolute atomic E-state index is 0.0714. The zero-order chi connectivity index (χ0) is 22.6. The molecule has 0 bridgehead atoms. The van der Waals surface area contributed by atoms with Crippen LogP contribution in [0.15, 0.2) is 18.2 Å². The van der Waals surface area contributed by atoms with E-state index in [1.165, 1.54) is 6.07 Å². The molecule has 168 valence electrons. The maximum Gasteiger partial charge on any atom is 0.410 e. The van der Waals surface area contributed by atoms with E-state index in [1.54, 1.807) is 24.1 Å². The van der Waals surface area contributed by atoms with E-state index in [9.17, 15) is 14.7 Å². The second kappa shape index (κ2) is 9.34. The number of piperazine rings is 1. The molecule has 2 heterocycles. The Morgan fingerprint density at radius 2 is 1.81 bits per heavy atom. The van der Waals surface area contributed by atoms with Gasteiger partial charge in [0.15, 0.2) is 0 Å². The highest BCUT2D eigenvalue weighted by Gasteiger charge is 2.27. The molecule has 3 rings (SSSR count). The standard InChI is InChI=1S/C21H28N4O6/c1-21(2,3)31-20(28)25-9-7-24(8-10-25)16-6-5-14(19(26)27)18-15(16)13-17(22-23-18)30-12-11-29-4/h5-6,13H,7-12H2,1-4H3,(H,26,27). The van der Waals surface area contributed by atoms with Crippen molar-refractivity contribution in [3.8, 4) is 5.88 Å². The Morgan fingerprint density at radius 1 is 1.10 bits per heavy atom. The van der Waals surface area contributed by atoms with Crippen molar-refractivity contribution in [3.63, 3.8) is 0 Å². The van der Waals surface area contributed by atoms with E-state index in [4.69, 9.17) is 14.2 Å². The van der Waals surface area contributed by atoms with Crippen LogP contribution in [0.4, 0.5) is 10.5 Å². The first kappa shape index (κ1) is 22.5. The maximum absolute atomic E-state index is 12.3. The third-order valence-electron chi connectivity index (χ3n) is 4.75. The highest BCUT2D eigenvalue weighted by atomic mass is 16.6. The van der Waals surface area contributed by atoms with Gasteiger partial charge in [-0.2, -0.15) is 0 Å². The number of hydrogen-bond acceptors (Lipinski definition) is 8. The number of hydrogen-bond donors (Lipinski definition) is 1. The molecule has 1 aliphatic heterocycles. The summed E-state index contributed by atoms with van der Waals surface area (Å²) in [7, 11) is 1.57. The van der Waals surface area contributed by atoms with Crippen LogP contribution in [0.1, 0.15) is 31.1 Å². The summed E-state index contributed by atoms with van der Waals surface area (Å²) in [6, 6.07) is 4.98. The average molecular weight is 432 g/mol. The molecule has 0 radical (unpaired) electrons. The summed E-state index contributed by atoms with van der Waals surface area (Å²) in [5, 5.41) is 18.3. The second-order valence-corrected chi connectivity index (χ2v) is 8.18. The number of carbonyl (C=O) groups is 2. The number of rotatable bonds is 6. The molecule has 1 aromatic heterocycles. The maximum atomic E-state index is 12.3. The van der Waals surface area contributed by atoms with Crippen LogP contribution in [-0.2, 0) is 9.47 Å². The molecule has 2 aromatic rings. The van der Waals surface area contributed by atoms with Gasteiger partial charge in [0.2, 0.25) is 5.88 Å². The third kappa shape index (κ3) is 5.52. The second-order valence-electron chi connectivity index (χ2n) is 8.18. The molecule has 1 N–H and O–H groups in total. The van der Waals surface area contributed by atoms with Gasteiger partial charge in [0.25, 0.3) is 0 Å². The lowest BCUT2D eigenvalue weighted by molar-refractivity contribution is 0.0240. The zero-order valence-electron chi connectivity index (χ0n) is 18.3. The Morgan fingerprint density at radius 3 is 2.42 bits per heavy atom. The number of carboxylic acids is 1. The SMILES string of the molecule is COCCOc1cc2c(N3CCN(C(=O)OC(C)(C)C)CC3)ccc(C(=O)O)c2nn1. The van der Waals surface area contributed by atoms with E-state index in [-0.39, 0.29) is 11.7 Å². The van der Waals surface area contributed by atoms with Gasteiger partial charge in [-0.25, -0.2) is 9.59 Å². The molecule has 1 aliphatic rings. The molecular weight excluding hydrogens is 404 g/mol. The number of benzene rings is 1. The lowest BCUT2D eigenvalue weighted by Crippen LogP contribution is -2.50. The lowest BCUT2D eigenvalue weighted by Gasteiger charge is -2.37. The summed E-state index contributed by atoms with van der Waals surface area (Å²) in [6.07, 6.45) is -0.335. The Hall–Kier alpha value is -3.14. The van der Waals surface area contributed by atoms with Crippen molar-refractivity contribution in [2.24, 2.45) is 0 Å². The molecule has 1 fully saturated rings. The fraction of sp³-hybridized carbons (Fsp3) is 0.524. The minimum atomic E-state index is -1.08. The predicted molar refractivity (Wildman–Crippen MR) is 114 cm³/mol. The van der Waals surface area contributed by atoms with Gasteiger partial charge in [0, 0.05) is 50.4 Å². The molecule has 31 heavy (non-hydrogen) atoms. The number of ether oxygens (including phenoxy) is 3. The Labute approximate surface area is 180 Å². The van der Waals surface area contributed by atoms with Crippen molar-refractivity contribution in [1.82, 2.24) is 15.1 Å². The summed E-state index contributed by atoms with van der Waals surface area (Å²) in [6.45, 7) is 8.35. The van der Waals surface area contributed by atoms with E-state index in [2.05, 4.69) is 15.1 Å². The molecule has 1 aromatic carbocycles. The zero-order valence-corrected chi connectivity index (χ0v) is 18.3. The van der Waals surface area contributed by atoms with Gasteiger partial charge in [-0.15, -0.1) is 10.2 Å². The van der Waals surface area contributed by atoms with E-state index in [0.29, 0.717) is 56.2 Å². The van der Waals surface area contributed by atoms with Gasteiger partial charge in [0.1, 0.15) is 17.7 Å². The molecular formula is C21H28N4O6. The molecule has 0 spiro atoms. The molecule has 0 saturated carbocycles. The van der Waals surface area contributed by atoms with Gasteiger partial charge < -0.3 is 29.1 Å².